The van der Waals surface area contributed by atoms with Gasteiger partial charge in [-0.2, -0.15) is 0 Å². The lowest BCUT2D eigenvalue weighted by Gasteiger charge is -2.16. The van der Waals surface area contributed by atoms with Crippen molar-refractivity contribution in [2.75, 3.05) is 12.4 Å². The van der Waals surface area contributed by atoms with Crippen LogP contribution in [0.4, 0.5) is 5.69 Å². The number of rotatable bonds is 5. The summed E-state index contributed by atoms with van der Waals surface area (Å²) in [7, 11) is 1.59. The fourth-order valence-electron chi connectivity index (χ4n) is 1.93. The number of ether oxygens (including phenoxy) is 1. The summed E-state index contributed by atoms with van der Waals surface area (Å²) in [4.78, 5) is 11.0. The van der Waals surface area contributed by atoms with Gasteiger partial charge in [0.05, 0.1) is 7.11 Å². The van der Waals surface area contributed by atoms with Gasteiger partial charge >= 0.3 is 5.97 Å². The number of carboxylic acids is 1. The van der Waals surface area contributed by atoms with Crippen LogP contribution in [-0.2, 0) is 4.79 Å². The zero-order valence-electron chi connectivity index (χ0n) is 11.5. The van der Waals surface area contributed by atoms with Crippen LogP contribution in [0.25, 0.3) is 11.1 Å². The van der Waals surface area contributed by atoms with Crippen LogP contribution >= 0.6 is 0 Å². The SMILES string of the molecule is COc1ccc(-c2ccccc2)c(N[C@@H](C)C(=O)O)c1. The molecule has 0 aliphatic rings. The van der Waals surface area contributed by atoms with Gasteiger partial charge in [-0.25, -0.2) is 0 Å². The van der Waals surface area contributed by atoms with E-state index in [1.54, 1.807) is 14.0 Å². The molecule has 0 unspecified atom stereocenters. The van der Waals surface area contributed by atoms with E-state index in [0.29, 0.717) is 5.75 Å². The molecule has 0 heterocycles. The van der Waals surface area contributed by atoms with Crippen molar-refractivity contribution in [3.8, 4) is 16.9 Å². The Morgan fingerprint density at radius 2 is 1.90 bits per heavy atom. The van der Waals surface area contributed by atoms with Crippen LogP contribution < -0.4 is 10.1 Å². The van der Waals surface area contributed by atoms with Crippen molar-refractivity contribution in [1.29, 1.82) is 0 Å². The molecule has 1 atom stereocenters. The average molecular weight is 271 g/mol. The number of benzene rings is 2. The molecule has 0 saturated carbocycles. The molecule has 2 aromatic carbocycles. The highest BCUT2D eigenvalue weighted by Crippen LogP contribution is 2.31. The number of anilines is 1. The maximum Gasteiger partial charge on any atom is 0.325 e. The second-order valence-electron chi connectivity index (χ2n) is 4.48. The smallest absolute Gasteiger partial charge is 0.325 e. The van der Waals surface area contributed by atoms with E-state index in [1.807, 2.05) is 48.5 Å². The normalized spacial score (nSPS) is 11.7. The Morgan fingerprint density at radius 1 is 1.20 bits per heavy atom. The molecule has 2 N–H and O–H groups in total. The standard InChI is InChI=1S/C16H17NO3/c1-11(16(18)19)17-15-10-13(20-2)8-9-14(15)12-6-4-3-5-7-12/h3-11,17H,1-2H3,(H,18,19)/t11-/m0/s1. The molecule has 4 nitrogen and oxygen atoms in total. The van der Waals surface area contributed by atoms with Crippen molar-refractivity contribution in [3.63, 3.8) is 0 Å². The molecule has 0 spiro atoms. The van der Waals surface area contributed by atoms with Gasteiger partial charge in [0.25, 0.3) is 0 Å². The molecular formula is C16H17NO3. The number of carboxylic acid groups (broad SMARTS) is 1. The Balaban J connectivity index is 2.43. The summed E-state index contributed by atoms with van der Waals surface area (Å²) in [6.07, 6.45) is 0. The number of carbonyl (C=O) groups is 1. The first-order chi connectivity index (χ1) is 9.61. The minimum atomic E-state index is -0.896. The summed E-state index contributed by atoms with van der Waals surface area (Å²) >= 11 is 0. The van der Waals surface area contributed by atoms with Gasteiger partial charge < -0.3 is 15.2 Å². The minimum absolute atomic E-state index is 0.676. The zero-order chi connectivity index (χ0) is 14.5. The van der Waals surface area contributed by atoms with E-state index in [9.17, 15) is 4.79 Å². The highest BCUT2D eigenvalue weighted by molar-refractivity contribution is 5.83. The predicted molar refractivity (Wildman–Crippen MR) is 79.2 cm³/mol. The highest BCUT2D eigenvalue weighted by atomic mass is 16.5. The summed E-state index contributed by atoms with van der Waals surface area (Å²) in [5, 5.41) is 12.0. The summed E-state index contributed by atoms with van der Waals surface area (Å²) in [6.45, 7) is 1.61. The van der Waals surface area contributed by atoms with Crippen molar-refractivity contribution in [3.05, 3.63) is 48.5 Å². The third-order valence-electron chi connectivity index (χ3n) is 3.05. The number of hydrogen-bond acceptors (Lipinski definition) is 3. The van der Waals surface area contributed by atoms with Crippen LogP contribution in [0.5, 0.6) is 5.75 Å². The summed E-state index contributed by atoms with van der Waals surface area (Å²) in [6, 6.07) is 14.7. The van der Waals surface area contributed by atoms with E-state index < -0.39 is 12.0 Å². The van der Waals surface area contributed by atoms with E-state index in [0.717, 1.165) is 16.8 Å². The topological polar surface area (TPSA) is 58.6 Å². The van der Waals surface area contributed by atoms with Crippen molar-refractivity contribution in [1.82, 2.24) is 0 Å². The summed E-state index contributed by atoms with van der Waals surface area (Å²) < 4.78 is 5.20. The average Bonchev–Trinajstić information content (AvgIpc) is 2.48. The third-order valence-corrected chi connectivity index (χ3v) is 3.05. The molecule has 2 aromatic rings. The maximum absolute atomic E-state index is 11.0. The van der Waals surface area contributed by atoms with Gasteiger partial charge in [0.2, 0.25) is 0 Å². The molecule has 104 valence electrons. The Hall–Kier alpha value is -2.49. The van der Waals surface area contributed by atoms with E-state index in [1.165, 1.54) is 0 Å². The van der Waals surface area contributed by atoms with Crippen molar-refractivity contribution in [2.24, 2.45) is 0 Å². The molecule has 2 rings (SSSR count). The number of methoxy groups -OCH3 is 1. The Labute approximate surface area is 118 Å². The summed E-state index contributed by atoms with van der Waals surface area (Å²) in [5.74, 6) is -0.211. The molecular weight excluding hydrogens is 254 g/mol. The van der Waals surface area contributed by atoms with Gasteiger partial charge in [-0.3, -0.25) is 4.79 Å². The lowest BCUT2D eigenvalue weighted by atomic mass is 10.0. The molecule has 0 amide bonds. The molecule has 20 heavy (non-hydrogen) atoms. The minimum Gasteiger partial charge on any atom is -0.497 e. The Kier molecular flexibility index (Phi) is 4.25. The molecule has 4 heteroatoms. The second-order valence-corrected chi connectivity index (χ2v) is 4.48. The second kappa shape index (κ2) is 6.10. The van der Waals surface area contributed by atoms with Gasteiger partial charge in [-0.05, 0) is 24.6 Å². The van der Waals surface area contributed by atoms with Gasteiger partial charge in [0.15, 0.2) is 0 Å². The third kappa shape index (κ3) is 3.09. The Morgan fingerprint density at radius 3 is 2.50 bits per heavy atom. The van der Waals surface area contributed by atoms with Gasteiger partial charge in [-0.1, -0.05) is 30.3 Å². The largest absolute Gasteiger partial charge is 0.497 e. The number of hydrogen-bond donors (Lipinski definition) is 2. The number of aliphatic carboxylic acids is 1. The van der Waals surface area contributed by atoms with Crippen LogP contribution in [0, 0.1) is 0 Å². The molecule has 0 aliphatic carbocycles. The fourth-order valence-corrected chi connectivity index (χ4v) is 1.93. The first-order valence-corrected chi connectivity index (χ1v) is 6.34. The van der Waals surface area contributed by atoms with Crippen LogP contribution in [0.2, 0.25) is 0 Å². The van der Waals surface area contributed by atoms with E-state index >= 15 is 0 Å². The lowest BCUT2D eigenvalue weighted by molar-refractivity contribution is -0.137. The highest BCUT2D eigenvalue weighted by Gasteiger charge is 2.14. The van der Waals surface area contributed by atoms with Crippen LogP contribution in [-0.4, -0.2) is 24.2 Å². The van der Waals surface area contributed by atoms with Crippen LogP contribution in [0.1, 0.15) is 6.92 Å². The first kappa shape index (κ1) is 13.9. The molecule has 0 fully saturated rings. The van der Waals surface area contributed by atoms with Crippen LogP contribution in [0.15, 0.2) is 48.5 Å². The van der Waals surface area contributed by atoms with Gasteiger partial charge in [0, 0.05) is 17.3 Å². The van der Waals surface area contributed by atoms with E-state index in [2.05, 4.69) is 5.32 Å². The number of nitrogens with one attached hydrogen (secondary N) is 1. The van der Waals surface area contributed by atoms with Crippen LogP contribution in [0.3, 0.4) is 0 Å². The molecule has 0 aliphatic heterocycles. The summed E-state index contributed by atoms with van der Waals surface area (Å²) in [5.41, 5.74) is 2.71. The molecule has 0 aromatic heterocycles. The fraction of sp³-hybridized carbons (Fsp3) is 0.188. The van der Waals surface area contributed by atoms with Crippen molar-refractivity contribution >= 4 is 11.7 Å². The van der Waals surface area contributed by atoms with Gasteiger partial charge in [0.1, 0.15) is 11.8 Å². The van der Waals surface area contributed by atoms with E-state index in [-0.39, 0.29) is 0 Å². The zero-order valence-corrected chi connectivity index (χ0v) is 11.5. The van der Waals surface area contributed by atoms with Crippen molar-refractivity contribution < 1.29 is 14.6 Å². The first-order valence-electron chi connectivity index (χ1n) is 6.34. The molecule has 0 saturated heterocycles. The molecule has 0 bridgehead atoms. The van der Waals surface area contributed by atoms with E-state index in [4.69, 9.17) is 9.84 Å². The Bertz CT molecular complexity index is 596. The van der Waals surface area contributed by atoms with Gasteiger partial charge in [-0.15, -0.1) is 0 Å². The quantitative estimate of drug-likeness (QED) is 0.876. The maximum atomic E-state index is 11.0. The van der Waals surface area contributed by atoms with Crippen molar-refractivity contribution in [2.45, 2.75) is 13.0 Å². The lowest BCUT2D eigenvalue weighted by Crippen LogP contribution is -2.25. The molecule has 0 radical (unpaired) electrons. The predicted octanol–water partition coefficient (Wildman–Crippen LogP) is 3.25. The monoisotopic (exact) mass is 271 g/mol.